The fraction of sp³-hybridized carbons (Fsp3) is 0.452. The Kier molecular flexibility index (Phi) is 7.48. The third-order valence-corrected chi connectivity index (χ3v) is 8.36. The van der Waals surface area contributed by atoms with Gasteiger partial charge in [-0.25, -0.2) is 0 Å². The molecule has 3 amide bonds. The van der Waals surface area contributed by atoms with Crippen molar-refractivity contribution >= 4 is 23.3 Å². The van der Waals surface area contributed by atoms with Crippen molar-refractivity contribution in [2.75, 3.05) is 26.4 Å². The van der Waals surface area contributed by atoms with Gasteiger partial charge in [0, 0.05) is 31.1 Å². The van der Waals surface area contributed by atoms with Gasteiger partial charge in [0.05, 0.1) is 13.2 Å². The van der Waals surface area contributed by atoms with Gasteiger partial charge in [0.25, 0.3) is 5.91 Å². The van der Waals surface area contributed by atoms with Crippen LogP contribution in [-0.2, 0) is 27.4 Å². The number of fused-ring (bicyclic) bond motifs is 1. The van der Waals surface area contributed by atoms with E-state index >= 15 is 0 Å². The standard InChI is InChI=1S/C31H35N3O5/c35-29-11-10-28(30(36)32-29)34-19-24-17-26(8-9-27(24)31(34)37)39-20-25-3-1-2-14-33(25)18-21-4-6-22(7-5-21)23-12-15-38-16-13-23/h4-9,12,17,25,28H,1-3,10-11,13-16,18-20H2,(H,32,35,36). The van der Waals surface area contributed by atoms with Crippen LogP contribution in [0.3, 0.4) is 0 Å². The average Bonchev–Trinajstić information content (AvgIpc) is 3.28. The molecule has 0 bridgehead atoms. The van der Waals surface area contributed by atoms with E-state index < -0.39 is 11.9 Å². The van der Waals surface area contributed by atoms with Crippen molar-refractivity contribution in [3.8, 4) is 5.75 Å². The molecule has 2 fully saturated rings. The lowest BCUT2D eigenvalue weighted by Gasteiger charge is -2.35. The molecule has 0 saturated carbocycles. The molecule has 2 aromatic carbocycles. The molecule has 0 aliphatic carbocycles. The summed E-state index contributed by atoms with van der Waals surface area (Å²) < 4.78 is 11.7. The molecule has 0 spiro atoms. The minimum absolute atomic E-state index is 0.163. The summed E-state index contributed by atoms with van der Waals surface area (Å²) in [6, 6.07) is 14.2. The first kappa shape index (κ1) is 25.8. The molecular formula is C31H35N3O5. The summed E-state index contributed by atoms with van der Waals surface area (Å²) >= 11 is 0. The molecule has 2 unspecified atom stereocenters. The van der Waals surface area contributed by atoms with Gasteiger partial charge in [-0.3, -0.25) is 24.6 Å². The summed E-state index contributed by atoms with van der Waals surface area (Å²) in [5.41, 5.74) is 5.43. The summed E-state index contributed by atoms with van der Waals surface area (Å²) in [6.07, 6.45) is 7.24. The second kappa shape index (κ2) is 11.3. The summed E-state index contributed by atoms with van der Waals surface area (Å²) in [5.74, 6) is -0.0935. The van der Waals surface area contributed by atoms with Gasteiger partial charge in [0.1, 0.15) is 18.4 Å². The van der Waals surface area contributed by atoms with Crippen LogP contribution in [0.25, 0.3) is 5.57 Å². The van der Waals surface area contributed by atoms with Gasteiger partial charge in [0.15, 0.2) is 0 Å². The van der Waals surface area contributed by atoms with Gasteiger partial charge in [-0.2, -0.15) is 0 Å². The molecule has 2 saturated heterocycles. The Labute approximate surface area is 228 Å². The Hall–Kier alpha value is -3.49. The summed E-state index contributed by atoms with van der Waals surface area (Å²) in [5, 5.41) is 2.35. The van der Waals surface area contributed by atoms with E-state index in [-0.39, 0.29) is 18.2 Å². The van der Waals surface area contributed by atoms with E-state index in [1.54, 1.807) is 11.0 Å². The summed E-state index contributed by atoms with van der Waals surface area (Å²) in [6.45, 7) is 4.39. The maximum Gasteiger partial charge on any atom is 0.255 e. The number of piperidine rings is 2. The molecule has 6 rings (SSSR count). The van der Waals surface area contributed by atoms with Gasteiger partial charge in [-0.05, 0) is 72.7 Å². The normalized spacial score (nSPS) is 23.8. The number of imide groups is 1. The van der Waals surface area contributed by atoms with Crippen LogP contribution in [0.2, 0.25) is 0 Å². The molecule has 4 aliphatic heterocycles. The molecule has 2 atom stereocenters. The molecule has 0 aromatic heterocycles. The number of benzene rings is 2. The molecule has 8 heteroatoms. The average molecular weight is 530 g/mol. The predicted octanol–water partition coefficient (Wildman–Crippen LogP) is 3.68. The third-order valence-electron chi connectivity index (χ3n) is 8.36. The highest BCUT2D eigenvalue weighted by molar-refractivity contribution is 6.05. The zero-order valence-electron chi connectivity index (χ0n) is 22.2. The number of amides is 3. The lowest BCUT2D eigenvalue weighted by Crippen LogP contribution is -2.52. The minimum atomic E-state index is -0.606. The second-order valence-electron chi connectivity index (χ2n) is 10.9. The van der Waals surface area contributed by atoms with Gasteiger partial charge in [-0.1, -0.05) is 36.8 Å². The van der Waals surface area contributed by atoms with Crippen LogP contribution in [0, 0.1) is 0 Å². The van der Waals surface area contributed by atoms with Crippen LogP contribution in [-0.4, -0.2) is 66.0 Å². The SMILES string of the molecule is O=C1CCC(N2Cc3cc(OCC4CCCCN4Cc4ccc(C5=CCOCC5)cc4)ccc3C2=O)C(=O)N1. The monoisotopic (exact) mass is 529 g/mol. The third kappa shape index (κ3) is 5.63. The van der Waals surface area contributed by atoms with Crippen molar-refractivity contribution in [3.05, 3.63) is 70.8 Å². The Morgan fingerprint density at radius 3 is 2.67 bits per heavy atom. The fourth-order valence-corrected chi connectivity index (χ4v) is 6.14. The first-order valence-electron chi connectivity index (χ1n) is 14.1. The van der Waals surface area contributed by atoms with Crippen LogP contribution in [0.4, 0.5) is 0 Å². The first-order chi connectivity index (χ1) is 19.0. The predicted molar refractivity (Wildman–Crippen MR) is 146 cm³/mol. The highest BCUT2D eigenvalue weighted by atomic mass is 16.5. The number of rotatable bonds is 7. The highest BCUT2D eigenvalue weighted by Gasteiger charge is 2.39. The molecular weight excluding hydrogens is 494 g/mol. The highest BCUT2D eigenvalue weighted by Crippen LogP contribution is 2.31. The lowest BCUT2D eigenvalue weighted by molar-refractivity contribution is -0.136. The van der Waals surface area contributed by atoms with E-state index in [0.29, 0.717) is 37.8 Å². The van der Waals surface area contributed by atoms with Crippen LogP contribution >= 0.6 is 0 Å². The van der Waals surface area contributed by atoms with Gasteiger partial charge < -0.3 is 14.4 Å². The zero-order chi connectivity index (χ0) is 26.8. The molecule has 2 aromatic rings. The molecule has 39 heavy (non-hydrogen) atoms. The number of ether oxygens (including phenoxy) is 2. The Morgan fingerprint density at radius 1 is 1.00 bits per heavy atom. The Balaban J connectivity index is 1.07. The van der Waals surface area contributed by atoms with Crippen molar-refractivity contribution in [3.63, 3.8) is 0 Å². The molecule has 8 nitrogen and oxygen atoms in total. The van der Waals surface area contributed by atoms with Crippen LogP contribution in [0.15, 0.2) is 48.5 Å². The maximum absolute atomic E-state index is 13.0. The van der Waals surface area contributed by atoms with E-state index in [4.69, 9.17) is 9.47 Å². The van der Waals surface area contributed by atoms with Gasteiger partial charge in [-0.15, -0.1) is 0 Å². The topological polar surface area (TPSA) is 88.2 Å². The number of nitrogens with one attached hydrogen (secondary N) is 1. The number of likely N-dealkylation sites (tertiary alicyclic amines) is 1. The second-order valence-corrected chi connectivity index (χ2v) is 10.9. The van der Waals surface area contributed by atoms with Crippen molar-refractivity contribution in [2.45, 2.75) is 63.7 Å². The van der Waals surface area contributed by atoms with Gasteiger partial charge in [0.2, 0.25) is 11.8 Å². The van der Waals surface area contributed by atoms with Crippen molar-refractivity contribution in [1.29, 1.82) is 0 Å². The van der Waals surface area contributed by atoms with Crippen molar-refractivity contribution in [2.24, 2.45) is 0 Å². The van der Waals surface area contributed by atoms with Crippen LogP contribution in [0.1, 0.15) is 65.6 Å². The maximum atomic E-state index is 13.0. The van der Waals surface area contributed by atoms with E-state index in [2.05, 4.69) is 40.6 Å². The smallest absolute Gasteiger partial charge is 0.255 e. The summed E-state index contributed by atoms with van der Waals surface area (Å²) in [7, 11) is 0. The molecule has 4 heterocycles. The van der Waals surface area contributed by atoms with Crippen molar-refractivity contribution < 1.29 is 23.9 Å². The van der Waals surface area contributed by atoms with Gasteiger partial charge >= 0.3 is 0 Å². The molecule has 204 valence electrons. The van der Waals surface area contributed by atoms with E-state index in [1.165, 1.54) is 29.5 Å². The van der Waals surface area contributed by atoms with Crippen LogP contribution in [0.5, 0.6) is 5.75 Å². The number of carbonyl (C=O) groups is 3. The minimum Gasteiger partial charge on any atom is -0.492 e. The lowest BCUT2D eigenvalue weighted by atomic mass is 9.99. The number of hydrogen-bond acceptors (Lipinski definition) is 6. The summed E-state index contributed by atoms with van der Waals surface area (Å²) in [4.78, 5) is 40.9. The Bertz CT molecular complexity index is 1290. The largest absolute Gasteiger partial charge is 0.492 e. The zero-order valence-corrected chi connectivity index (χ0v) is 22.2. The van der Waals surface area contributed by atoms with Crippen molar-refractivity contribution in [1.82, 2.24) is 15.1 Å². The van der Waals surface area contributed by atoms with E-state index in [9.17, 15) is 14.4 Å². The quantitative estimate of drug-likeness (QED) is 0.551. The first-order valence-corrected chi connectivity index (χ1v) is 14.1. The van der Waals surface area contributed by atoms with E-state index in [0.717, 1.165) is 43.9 Å². The number of hydrogen-bond donors (Lipinski definition) is 1. The van der Waals surface area contributed by atoms with E-state index in [1.807, 2.05) is 12.1 Å². The fourth-order valence-electron chi connectivity index (χ4n) is 6.14. The molecule has 1 N–H and O–H groups in total. The number of nitrogens with zero attached hydrogens (tertiary/aromatic N) is 2. The van der Waals surface area contributed by atoms with Crippen LogP contribution < -0.4 is 10.1 Å². The number of carbonyl (C=O) groups excluding carboxylic acids is 3. The molecule has 4 aliphatic rings. The Morgan fingerprint density at radius 2 is 1.87 bits per heavy atom. The molecule has 0 radical (unpaired) electrons.